The monoisotopic (exact) mass is 252 g/mol. The lowest BCUT2D eigenvalue weighted by Crippen LogP contribution is -2.32. The largest absolute Gasteiger partial charge is 0.308 e. The first-order valence-electron chi connectivity index (χ1n) is 6.12. The van der Waals surface area contributed by atoms with Crippen molar-refractivity contribution in [2.75, 3.05) is 46.5 Å². The van der Waals surface area contributed by atoms with Gasteiger partial charge in [-0.1, -0.05) is 30.3 Å². The first-order chi connectivity index (χ1) is 8.13. The summed E-state index contributed by atoms with van der Waals surface area (Å²) >= 11 is 4.47. The van der Waals surface area contributed by atoms with Crippen molar-refractivity contribution in [2.24, 2.45) is 0 Å². The molecule has 0 bridgehead atoms. The highest BCUT2D eigenvalue weighted by Gasteiger charge is 2.12. The van der Waals surface area contributed by atoms with Gasteiger partial charge in [-0.15, -0.1) is 0 Å². The van der Waals surface area contributed by atoms with Gasteiger partial charge in [0.2, 0.25) is 0 Å². The summed E-state index contributed by atoms with van der Waals surface area (Å²) in [6, 6.07) is 10.7. The molecule has 1 atom stereocenters. The summed E-state index contributed by atoms with van der Waals surface area (Å²) in [4.78, 5) is 4.60. The highest BCUT2D eigenvalue weighted by Crippen LogP contribution is 2.17. The van der Waals surface area contributed by atoms with Gasteiger partial charge in [-0.2, -0.15) is 12.6 Å². The lowest BCUT2D eigenvalue weighted by atomic mass is 10.0. The van der Waals surface area contributed by atoms with Crippen molar-refractivity contribution in [1.82, 2.24) is 9.80 Å². The van der Waals surface area contributed by atoms with Crippen LogP contribution in [0.3, 0.4) is 0 Å². The Bertz CT molecular complexity index is 300. The molecule has 0 radical (unpaired) electrons. The third kappa shape index (κ3) is 5.57. The van der Waals surface area contributed by atoms with E-state index in [-0.39, 0.29) is 0 Å². The quantitative estimate of drug-likeness (QED) is 0.743. The van der Waals surface area contributed by atoms with Gasteiger partial charge in [-0.3, -0.25) is 0 Å². The molecule has 96 valence electrons. The molecule has 0 aromatic heterocycles. The smallest absolute Gasteiger partial charge is 0.0106 e. The molecule has 3 heteroatoms. The molecule has 0 N–H and O–H groups in total. The normalized spacial score (nSPS) is 13.3. The summed E-state index contributed by atoms with van der Waals surface area (Å²) < 4.78 is 0. The molecule has 1 aromatic rings. The molecule has 17 heavy (non-hydrogen) atoms. The van der Waals surface area contributed by atoms with Crippen molar-refractivity contribution in [3.63, 3.8) is 0 Å². The summed E-state index contributed by atoms with van der Waals surface area (Å²) in [6.07, 6.45) is 0. The second-order valence-electron chi connectivity index (χ2n) is 4.86. The van der Waals surface area contributed by atoms with Crippen molar-refractivity contribution in [1.29, 1.82) is 0 Å². The van der Waals surface area contributed by atoms with E-state index in [9.17, 15) is 0 Å². The summed E-state index contributed by atoms with van der Waals surface area (Å²) in [7, 11) is 6.41. The van der Waals surface area contributed by atoms with E-state index in [4.69, 9.17) is 0 Å². The molecule has 2 nitrogen and oxygen atoms in total. The second-order valence-corrected chi connectivity index (χ2v) is 5.22. The molecule has 0 fully saturated rings. The van der Waals surface area contributed by atoms with Crippen LogP contribution in [0.1, 0.15) is 11.5 Å². The minimum atomic E-state index is 0.520. The SMILES string of the molecule is CN(C)CCN(C)CC(CS)c1ccccc1. The van der Waals surface area contributed by atoms with E-state index in [1.165, 1.54) is 5.56 Å². The van der Waals surface area contributed by atoms with Gasteiger partial charge in [0.25, 0.3) is 0 Å². The standard InChI is InChI=1S/C14H24N2S/c1-15(2)9-10-16(3)11-14(12-17)13-7-5-4-6-8-13/h4-8,14,17H,9-12H2,1-3H3. The molecule has 1 unspecified atom stereocenters. The van der Waals surface area contributed by atoms with E-state index in [0.717, 1.165) is 25.4 Å². The number of benzene rings is 1. The van der Waals surface area contributed by atoms with E-state index < -0.39 is 0 Å². The molecular formula is C14H24N2S. The molecule has 0 saturated carbocycles. The van der Waals surface area contributed by atoms with Crippen molar-refractivity contribution in [3.05, 3.63) is 35.9 Å². The lowest BCUT2D eigenvalue weighted by molar-refractivity contribution is 0.273. The van der Waals surface area contributed by atoms with Crippen LogP contribution in [0.25, 0.3) is 0 Å². The zero-order chi connectivity index (χ0) is 12.7. The minimum absolute atomic E-state index is 0.520. The third-order valence-corrected chi connectivity index (χ3v) is 3.39. The van der Waals surface area contributed by atoms with Gasteiger partial charge in [0.15, 0.2) is 0 Å². The fraction of sp³-hybridized carbons (Fsp3) is 0.571. The highest BCUT2D eigenvalue weighted by atomic mass is 32.1. The third-order valence-electron chi connectivity index (χ3n) is 2.95. The number of rotatable bonds is 7. The van der Waals surface area contributed by atoms with Gasteiger partial charge >= 0.3 is 0 Å². The molecule has 0 heterocycles. The van der Waals surface area contributed by atoms with Gasteiger partial charge < -0.3 is 9.80 Å². The molecule has 0 aliphatic heterocycles. The van der Waals surface area contributed by atoms with Gasteiger partial charge in [-0.05, 0) is 32.5 Å². The predicted octanol–water partition coefficient (Wildman–Crippen LogP) is 2.19. The Balaban J connectivity index is 2.47. The molecule has 0 spiro atoms. The van der Waals surface area contributed by atoms with E-state index in [2.05, 4.69) is 73.9 Å². The van der Waals surface area contributed by atoms with Crippen molar-refractivity contribution in [2.45, 2.75) is 5.92 Å². The number of hydrogen-bond acceptors (Lipinski definition) is 3. The molecule has 0 aliphatic carbocycles. The van der Waals surface area contributed by atoms with Crippen molar-refractivity contribution in [3.8, 4) is 0 Å². The topological polar surface area (TPSA) is 6.48 Å². The second kappa shape index (κ2) is 7.75. The summed E-state index contributed by atoms with van der Waals surface area (Å²) in [6.45, 7) is 3.27. The van der Waals surface area contributed by atoms with E-state index in [1.807, 2.05) is 0 Å². The van der Waals surface area contributed by atoms with Crippen molar-refractivity contribution >= 4 is 12.6 Å². The van der Waals surface area contributed by atoms with Crippen LogP contribution in [0.4, 0.5) is 0 Å². The maximum atomic E-state index is 4.47. The minimum Gasteiger partial charge on any atom is -0.308 e. The molecule has 1 rings (SSSR count). The number of thiol groups is 1. The average Bonchev–Trinajstić information content (AvgIpc) is 2.34. The Morgan fingerprint density at radius 1 is 1.06 bits per heavy atom. The van der Waals surface area contributed by atoms with Gasteiger partial charge in [0, 0.05) is 25.6 Å². The predicted molar refractivity (Wildman–Crippen MR) is 79.1 cm³/mol. The molecule has 1 aromatic carbocycles. The van der Waals surface area contributed by atoms with Gasteiger partial charge in [0.1, 0.15) is 0 Å². The van der Waals surface area contributed by atoms with Crippen LogP contribution in [-0.4, -0.2) is 56.3 Å². The highest BCUT2D eigenvalue weighted by molar-refractivity contribution is 7.80. The summed E-state index contributed by atoms with van der Waals surface area (Å²) in [5.41, 5.74) is 1.39. The summed E-state index contributed by atoms with van der Waals surface area (Å²) in [5.74, 6) is 1.42. The van der Waals surface area contributed by atoms with Crippen LogP contribution in [-0.2, 0) is 0 Å². The lowest BCUT2D eigenvalue weighted by Gasteiger charge is -2.24. The van der Waals surface area contributed by atoms with Crippen molar-refractivity contribution < 1.29 is 0 Å². The zero-order valence-corrected chi connectivity index (χ0v) is 12.0. The Kier molecular flexibility index (Phi) is 6.63. The first kappa shape index (κ1) is 14.6. The van der Waals surface area contributed by atoms with Crippen LogP contribution < -0.4 is 0 Å². The number of likely N-dealkylation sites (N-methyl/N-ethyl adjacent to an activating group) is 2. The van der Waals surface area contributed by atoms with Crippen LogP contribution in [0.2, 0.25) is 0 Å². The molecular weight excluding hydrogens is 228 g/mol. The maximum absolute atomic E-state index is 4.47. The molecule has 0 saturated heterocycles. The van der Waals surface area contributed by atoms with Crippen LogP contribution in [0, 0.1) is 0 Å². The van der Waals surface area contributed by atoms with Crippen LogP contribution in [0.15, 0.2) is 30.3 Å². The fourth-order valence-electron chi connectivity index (χ4n) is 1.83. The molecule has 0 amide bonds. The van der Waals surface area contributed by atoms with Crippen LogP contribution in [0.5, 0.6) is 0 Å². The Labute approximate surface area is 111 Å². The Morgan fingerprint density at radius 3 is 2.24 bits per heavy atom. The fourth-order valence-corrected chi connectivity index (χ4v) is 2.16. The number of hydrogen-bond donors (Lipinski definition) is 1. The maximum Gasteiger partial charge on any atom is 0.0106 e. The van der Waals surface area contributed by atoms with E-state index in [1.54, 1.807) is 0 Å². The van der Waals surface area contributed by atoms with E-state index in [0.29, 0.717) is 5.92 Å². The van der Waals surface area contributed by atoms with Gasteiger partial charge in [0.05, 0.1) is 0 Å². The first-order valence-corrected chi connectivity index (χ1v) is 6.75. The van der Waals surface area contributed by atoms with Gasteiger partial charge in [-0.25, -0.2) is 0 Å². The number of nitrogens with zero attached hydrogens (tertiary/aromatic N) is 2. The summed E-state index contributed by atoms with van der Waals surface area (Å²) in [5, 5.41) is 0. The average molecular weight is 252 g/mol. The Hall–Kier alpha value is -0.510. The van der Waals surface area contributed by atoms with Crippen LogP contribution >= 0.6 is 12.6 Å². The Morgan fingerprint density at radius 2 is 1.71 bits per heavy atom. The van der Waals surface area contributed by atoms with E-state index >= 15 is 0 Å². The zero-order valence-electron chi connectivity index (χ0n) is 11.1. The molecule has 0 aliphatic rings.